The SMILES string of the molecule is CC1=C(C#C/C(C)=C/C=C/C(C)=C\C=C/C=C(\C)C=O)C(C)(C)C[C@H](O)C1. The predicted octanol–water partition coefficient (Wildman–Crippen LogP) is 5.64. The molecule has 0 aromatic heterocycles. The molecule has 0 aromatic rings. The molecule has 1 N–H and O–H groups in total. The van der Waals surface area contributed by atoms with E-state index in [0.717, 1.165) is 35.8 Å². The average Bonchev–Trinajstić information content (AvgIpc) is 2.56. The molecule has 1 aliphatic carbocycles. The molecule has 1 rings (SSSR count). The zero-order valence-electron chi connectivity index (χ0n) is 17.5. The minimum Gasteiger partial charge on any atom is -0.393 e. The van der Waals surface area contributed by atoms with Crippen molar-refractivity contribution < 1.29 is 9.90 Å². The normalized spacial score (nSPS) is 21.6. The minimum atomic E-state index is -0.258. The van der Waals surface area contributed by atoms with E-state index in [-0.39, 0.29) is 11.5 Å². The van der Waals surface area contributed by atoms with E-state index < -0.39 is 0 Å². The first-order valence-electron chi connectivity index (χ1n) is 9.38. The van der Waals surface area contributed by atoms with Gasteiger partial charge in [0, 0.05) is 11.0 Å². The van der Waals surface area contributed by atoms with Gasteiger partial charge in [-0.05, 0) is 51.7 Å². The van der Waals surface area contributed by atoms with Crippen LogP contribution in [0.1, 0.15) is 54.4 Å². The molecule has 0 aromatic carbocycles. The van der Waals surface area contributed by atoms with E-state index in [4.69, 9.17) is 0 Å². The summed E-state index contributed by atoms with van der Waals surface area (Å²) in [5, 5.41) is 9.96. The van der Waals surface area contributed by atoms with Crippen LogP contribution in [0.15, 0.2) is 70.4 Å². The van der Waals surface area contributed by atoms with Crippen molar-refractivity contribution in [1.29, 1.82) is 0 Å². The summed E-state index contributed by atoms with van der Waals surface area (Å²) in [5.41, 5.74) is 5.09. The molecule has 0 saturated carbocycles. The van der Waals surface area contributed by atoms with Gasteiger partial charge in [0.15, 0.2) is 0 Å². The molecular weight excluding hydrogens is 332 g/mol. The highest BCUT2D eigenvalue weighted by atomic mass is 16.3. The standard InChI is InChI=1S/C25H32O2/c1-19(10-7-8-11-21(3)18-26)12-9-13-20(2)14-15-24-22(4)16-23(27)17-25(24,5)6/h7-13,18,23,27H,16-17H2,1-6H3/b8-7-,12-9+,19-10-,20-13+,21-11+/t23-/m1/s1. The van der Waals surface area contributed by atoms with Crippen molar-refractivity contribution in [2.24, 2.45) is 5.41 Å². The van der Waals surface area contributed by atoms with Crippen molar-refractivity contribution in [3.8, 4) is 11.8 Å². The van der Waals surface area contributed by atoms with Crippen molar-refractivity contribution in [1.82, 2.24) is 0 Å². The summed E-state index contributed by atoms with van der Waals surface area (Å²) in [4.78, 5) is 10.5. The van der Waals surface area contributed by atoms with Gasteiger partial charge in [-0.25, -0.2) is 0 Å². The maximum Gasteiger partial charge on any atom is 0.145 e. The number of hydrogen-bond acceptors (Lipinski definition) is 2. The van der Waals surface area contributed by atoms with Gasteiger partial charge in [0.25, 0.3) is 0 Å². The number of hydrogen-bond donors (Lipinski definition) is 1. The fourth-order valence-electron chi connectivity index (χ4n) is 3.13. The summed E-state index contributed by atoms with van der Waals surface area (Å²) in [5.74, 6) is 6.58. The molecule has 0 heterocycles. The molecule has 0 aliphatic heterocycles. The Bertz CT molecular complexity index is 784. The van der Waals surface area contributed by atoms with Crippen molar-refractivity contribution in [2.75, 3.05) is 0 Å². The molecule has 0 saturated heterocycles. The topological polar surface area (TPSA) is 37.3 Å². The third-order valence-electron chi connectivity index (χ3n) is 4.50. The Kier molecular flexibility index (Phi) is 8.98. The van der Waals surface area contributed by atoms with Gasteiger partial charge in [-0.2, -0.15) is 0 Å². The van der Waals surface area contributed by atoms with Crippen LogP contribution in [0.2, 0.25) is 0 Å². The largest absolute Gasteiger partial charge is 0.393 e. The Labute approximate surface area is 164 Å². The summed E-state index contributed by atoms with van der Waals surface area (Å²) in [6.45, 7) is 12.2. The minimum absolute atomic E-state index is 0.0762. The lowest BCUT2D eigenvalue weighted by molar-refractivity contribution is -0.104. The van der Waals surface area contributed by atoms with Crippen LogP contribution >= 0.6 is 0 Å². The second-order valence-corrected chi connectivity index (χ2v) is 7.88. The zero-order chi connectivity index (χ0) is 20.4. The zero-order valence-corrected chi connectivity index (χ0v) is 17.5. The fourth-order valence-corrected chi connectivity index (χ4v) is 3.13. The van der Waals surface area contributed by atoms with Crippen LogP contribution in [-0.2, 0) is 4.79 Å². The van der Waals surface area contributed by atoms with Crippen LogP contribution in [-0.4, -0.2) is 17.5 Å². The first kappa shape index (κ1) is 22.7. The van der Waals surface area contributed by atoms with Crippen LogP contribution in [0.5, 0.6) is 0 Å². The number of carbonyl (C=O) groups excluding carboxylic acids is 1. The number of aliphatic hydroxyl groups excluding tert-OH is 1. The second-order valence-electron chi connectivity index (χ2n) is 7.88. The molecule has 0 spiro atoms. The molecule has 27 heavy (non-hydrogen) atoms. The molecule has 0 radical (unpaired) electrons. The summed E-state index contributed by atoms with van der Waals surface area (Å²) in [6.07, 6.45) is 15.6. The van der Waals surface area contributed by atoms with Crippen molar-refractivity contribution in [3.05, 3.63) is 70.4 Å². The lowest BCUT2D eigenvalue weighted by Gasteiger charge is -2.34. The number of rotatable bonds is 5. The van der Waals surface area contributed by atoms with E-state index in [1.54, 1.807) is 13.0 Å². The van der Waals surface area contributed by atoms with Gasteiger partial charge < -0.3 is 5.11 Å². The maximum absolute atomic E-state index is 10.5. The van der Waals surface area contributed by atoms with Crippen LogP contribution in [0.3, 0.4) is 0 Å². The second kappa shape index (κ2) is 10.7. The van der Waals surface area contributed by atoms with Crippen molar-refractivity contribution >= 4 is 6.29 Å². The van der Waals surface area contributed by atoms with Gasteiger partial charge in [0.1, 0.15) is 6.29 Å². The highest BCUT2D eigenvalue weighted by Crippen LogP contribution is 2.39. The quantitative estimate of drug-likeness (QED) is 0.297. The highest BCUT2D eigenvalue weighted by Gasteiger charge is 2.31. The van der Waals surface area contributed by atoms with Gasteiger partial charge in [-0.15, -0.1) is 0 Å². The van der Waals surface area contributed by atoms with Crippen molar-refractivity contribution in [2.45, 2.75) is 60.5 Å². The van der Waals surface area contributed by atoms with Crippen molar-refractivity contribution in [3.63, 3.8) is 0 Å². The Morgan fingerprint density at radius 3 is 2.30 bits per heavy atom. The highest BCUT2D eigenvalue weighted by molar-refractivity contribution is 5.72. The van der Waals surface area contributed by atoms with Gasteiger partial charge in [0.2, 0.25) is 0 Å². The molecule has 0 unspecified atom stereocenters. The third kappa shape index (κ3) is 8.24. The molecule has 0 amide bonds. The van der Waals surface area contributed by atoms with Crippen LogP contribution < -0.4 is 0 Å². The molecule has 0 fully saturated rings. The predicted molar refractivity (Wildman–Crippen MR) is 115 cm³/mol. The van der Waals surface area contributed by atoms with Crippen LogP contribution in [0.4, 0.5) is 0 Å². The first-order chi connectivity index (χ1) is 12.7. The monoisotopic (exact) mass is 364 g/mol. The molecule has 1 aliphatic rings. The summed E-state index contributed by atoms with van der Waals surface area (Å²) >= 11 is 0. The molecular formula is C25H32O2. The average molecular weight is 365 g/mol. The molecule has 144 valence electrons. The molecule has 1 atom stereocenters. The lowest BCUT2D eigenvalue weighted by atomic mass is 9.72. The Morgan fingerprint density at radius 2 is 1.70 bits per heavy atom. The number of aliphatic hydroxyl groups is 1. The van der Waals surface area contributed by atoms with Crippen LogP contribution in [0, 0.1) is 17.3 Å². The smallest absolute Gasteiger partial charge is 0.145 e. The number of aldehydes is 1. The molecule has 0 bridgehead atoms. The first-order valence-corrected chi connectivity index (χ1v) is 9.38. The lowest BCUT2D eigenvalue weighted by Crippen LogP contribution is -2.28. The maximum atomic E-state index is 10.5. The van der Waals surface area contributed by atoms with Gasteiger partial charge in [-0.3, -0.25) is 4.79 Å². The Balaban J connectivity index is 2.79. The van der Waals surface area contributed by atoms with Crippen LogP contribution in [0.25, 0.3) is 0 Å². The van der Waals surface area contributed by atoms with E-state index in [1.165, 1.54) is 5.57 Å². The van der Waals surface area contributed by atoms with E-state index in [0.29, 0.717) is 5.57 Å². The summed E-state index contributed by atoms with van der Waals surface area (Å²) in [6, 6.07) is 0. The van der Waals surface area contributed by atoms with Gasteiger partial charge in [-0.1, -0.05) is 79.4 Å². The Morgan fingerprint density at radius 1 is 1.07 bits per heavy atom. The van der Waals surface area contributed by atoms with E-state index in [9.17, 15) is 9.90 Å². The molecule has 2 nitrogen and oxygen atoms in total. The summed E-state index contributed by atoms with van der Waals surface area (Å²) in [7, 11) is 0. The number of allylic oxidation sites excluding steroid dienone is 11. The van der Waals surface area contributed by atoms with Gasteiger partial charge >= 0.3 is 0 Å². The van der Waals surface area contributed by atoms with E-state index in [2.05, 4.69) is 32.6 Å². The number of carbonyl (C=O) groups is 1. The Hall–Kier alpha value is -2.37. The fraction of sp³-hybridized carbons (Fsp3) is 0.400. The van der Waals surface area contributed by atoms with Gasteiger partial charge in [0.05, 0.1) is 6.10 Å². The summed E-state index contributed by atoms with van der Waals surface area (Å²) < 4.78 is 0. The van der Waals surface area contributed by atoms with E-state index >= 15 is 0 Å². The van der Waals surface area contributed by atoms with E-state index in [1.807, 2.05) is 50.3 Å². The third-order valence-corrected chi connectivity index (χ3v) is 4.50. The molecule has 2 heteroatoms.